The third-order valence-electron chi connectivity index (χ3n) is 5.41. The third-order valence-corrected chi connectivity index (χ3v) is 5.41. The van der Waals surface area contributed by atoms with Crippen LogP contribution in [0.5, 0.6) is 11.5 Å². The average molecular weight is 398 g/mol. The fraction of sp³-hybridized carbons (Fsp3) is 0.435. The molecule has 1 aliphatic rings. The Morgan fingerprint density at radius 1 is 1.03 bits per heavy atom. The van der Waals surface area contributed by atoms with Crippen molar-refractivity contribution in [2.24, 2.45) is 5.92 Å². The Balaban J connectivity index is 1.44. The number of anilines is 2. The SMILES string of the molecule is COc1ccc(CNC(=O)CNc2ccc(N3CCC(C)CC3)cc2)cc1OC. The maximum Gasteiger partial charge on any atom is 0.239 e. The number of methoxy groups -OCH3 is 2. The highest BCUT2D eigenvalue weighted by atomic mass is 16.5. The average Bonchev–Trinajstić information content (AvgIpc) is 2.77. The molecule has 29 heavy (non-hydrogen) atoms. The minimum absolute atomic E-state index is 0.0612. The molecule has 0 unspecified atom stereocenters. The maximum atomic E-state index is 12.2. The van der Waals surface area contributed by atoms with Crippen LogP contribution in [0, 0.1) is 5.92 Å². The predicted octanol–water partition coefficient (Wildman–Crippen LogP) is 3.67. The zero-order valence-corrected chi connectivity index (χ0v) is 17.5. The zero-order valence-electron chi connectivity index (χ0n) is 17.5. The van der Waals surface area contributed by atoms with Crippen molar-refractivity contribution in [1.29, 1.82) is 0 Å². The van der Waals surface area contributed by atoms with Crippen LogP contribution in [0.15, 0.2) is 42.5 Å². The number of hydrogen-bond acceptors (Lipinski definition) is 5. The Morgan fingerprint density at radius 2 is 1.72 bits per heavy atom. The van der Waals surface area contributed by atoms with Crippen molar-refractivity contribution in [2.75, 3.05) is 44.1 Å². The lowest BCUT2D eigenvalue weighted by Crippen LogP contribution is -2.32. The molecule has 0 spiro atoms. The van der Waals surface area contributed by atoms with E-state index in [0.717, 1.165) is 30.3 Å². The number of hydrogen-bond donors (Lipinski definition) is 2. The first kappa shape index (κ1) is 20.8. The van der Waals surface area contributed by atoms with Crippen molar-refractivity contribution >= 4 is 17.3 Å². The molecular formula is C23H31N3O3. The monoisotopic (exact) mass is 397 g/mol. The van der Waals surface area contributed by atoms with Crippen LogP contribution in [0.25, 0.3) is 0 Å². The Morgan fingerprint density at radius 3 is 2.38 bits per heavy atom. The molecule has 3 rings (SSSR count). The smallest absolute Gasteiger partial charge is 0.239 e. The molecule has 1 amide bonds. The van der Waals surface area contributed by atoms with Crippen LogP contribution < -0.4 is 25.0 Å². The van der Waals surface area contributed by atoms with E-state index in [9.17, 15) is 4.79 Å². The lowest BCUT2D eigenvalue weighted by atomic mass is 9.99. The number of piperidine rings is 1. The van der Waals surface area contributed by atoms with Gasteiger partial charge in [0.25, 0.3) is 0 Å². The fourth-order valence-corrected chi connectivity index (χ4v) is 3.49. The summed E-state index contributed by atoms with van der Waals surface area (Å²) in [5.74, 6) is 2.09. The van der Waals surface area contributed by atoms with Gasteiger partial charge in [0.15, 0.2) is 11.5 Å². The van der Waals surface area contributed by atoms with Crippen molar-refractivity contribution in [3.8, 4) is 11.5 Å². The van der Waals surface area contributed by atoms with Gasteiger partial charge in [-0.25, -0.2) is 0 Å². The number of amides is 1. The van der Waals surface area contributed by atoms with Gasteiger partial charge in [-0.3, -0.25) is 4.79 Å². The minimum atomic E-state index is -0.0612. The summed E-state index contributed by atoms with van der Waals surface area (Å²) in [6.45, 7) is 5.22. The molecule has 0 saturated carbocycles. The predicted molar refractivity (Wildman–Crippen MR) is 117 cm³/mol. The molecule has 0 aromatic heterocycles. The summed E-state index contributed by atoms with van der Waals surface area (Å²) >= 11 is 0. The van der Waals surface area contributed by atoms with E-state index < -0.39 is 0 Å². The molecule has 6 heteroatoms. The molecule has 6 nitrogen and oxygen atoms in total. The van der Waals surface area contributed by atoms with Crippen LogP contribution in [0.3, 0.4) is 0 Å². The number of rotatable bonds is 8. The van der Waals surface area contributed by atoms with E-state index in [-0.39, 0.29) is 12.5 Å². The van der Waals surface area contributed by atoms with Gasteiger partial charge in [-0.15, -0.1) is 0 Å². The Bertz CT molecular complexity index is 800. The lowest BCUT2D eigenvalue weighted by molar-refractivity contribution is -0.119. The summed E-state index contributed by atoms with van der Waals surface area (Å²) in [6, 6.07) is 13.9. The first-order chi connectivity index (χ1) is 14.1. The molecule has 0 bridgehead atoms. The van der Waals surface area contributed by atoms with Crippen LogP contribution in [0.4, 0.5) is 11.4 Å². The van der Waals surface area contributed by atoms with Crippen molar-refractivity contribution in [3.05, 3.63) is 48.0 Å². The molecule has 2 N–H and O–H groups in total. The second kappa shape index (κ2) is 10.0. The van der Waals surface area contributed by atoms with Crippen molar-refractivity contribution < 1.29 is 14.3 Å². The molecule has 1 saturated heterocycles. The van der Waals surface area contributed by atoms with Gasteiger partial charge in [-0.2, -0.15) is 0 Å². The van der Waals surface area contributed by atoms with Crippen LogP contribution in [-0.4, -0.2) is 39.8 Å². The molecule has 0 radical (unpaired) electrons. The van der Waals surface area contributed by atoms with Gasteiger partial charge in [0.2, 0.25) is 5.91 Å². The molecule has 1 heterocycles. The molecule has 156 valence electrons. The number of benzene rings is 2. The highest BCUT2D eigenvalue weighted by Gasteiger charge is 2.15. The first-order valence-electron chi connectivity index (χ1n) is 10.2. The Hall–Kier alpha value is -2.89. The van der Waals surface area contributed by atoms with E-state index in [4.69, 9.17) is 9.47 Å². The number of carbonyl (C=O) groups excluding carboxylic acids is 1. The molecule has 1 fully saturated rings. The van der Waals surface area contributed by atoms with Crippen LogP contribution in [-0.2, 0) is 11.3 Å². The van der Waals surface area contributed by atoms with E-state index in [1.807, 2.05) is 30.3 Å². The quantitative estimate of drug-likeness (QED) is 0.712. The second-order valence-corrected chi connectivity index (χ2v) is 7.54. The van der Waals surface area contributed by atoms with E-state index >= 15 is 0 Å². The second-order valence-electron chi connectivity index (χ2n) is 7.54. The number of ether oxygens (including phenoxy) is 2. The van der Waals surface area contributed by atoms with Crippen LogP contribution >= 0.6 is 0 Å². The highest BCUT2D eigenvalue weighted by molar-refractivity contribution is 5.80. The molecule has 2 aromatic rings. The molecule has 2 aromatic carbocycles. The standard InChI is InChI=1S/C23H31N3O3/c1-17-10-12-26(13-11-17)20-7-5-19(6-8-20)24-16-23(27)25-15-18-4-9-21(28-2)22(14-18)29-3/h4-9,14,17,24H,10-13,15-16H2,1-3H3,(H,25,27). The van der Waals surface area contributed by atoms with E-state index in [2.05, 4.69) is 34.6 Å². The fourth-order valence-electron chi connectivity index (χ4n) is 3.49. The Labute approximate surface area is 173 Å². The van der Waals surface area contributed by atoms with Crippen molar-refractivity contribution in [3.63, 3.8) is 0 Å². The van der Waals surface area contributed by atoms with Gasteiger partial charge in [0, 0.05) is 31.0 Å². The van der Waals surface area contributed by atoms with Gasteiger partial charge in [0.1, 0.15) is 0 Å². The van der Waals surface area contributed by atoms with E-state index in [0.29, 0.717) is 18.0 Å². The summed E-state index contributed by atoms with van der Waals surface area (Å²) in [7, 11) is 3.20. The van der Waals surface area contributed by atoms with Gasteiger partial charge < -0.3 is 25.0 Å². The number of nitrogens with one attached hydrogen (secondary N) is 2. The lowest BCUT2D eigenvalue weighted by Gasteiger charge is -2.32. The maximum absolute atomic E-state index is 12.2. The summed E-state index contributed by atoms with van der Waals surface area (Å²) in [5, 5.41) is 6.10. The normalized spacial score (nSPS) is 14.4. The molecule has 0 atom stereocenters. The van der Waals surface area contributed by atoms with E-state index in [1.54, 1.807) is 14.2 Å². The summed E-state index contributed by atoms with van der Waals surface area (Å²) in [6.07, 6.45) is 2.50. The molecule has 0 aliphatic carbocycles. The van der Waals surface area contributed by atoms with Gasteiger partial charge in [-0.1, -0.05) is 13.0 Å². The topological polar surface area (TPSA) is 62.8 Å². The van der Waals surface area contributed by atoms with Gasteiger partial charge in [-0.05, 0) is 60.7 Å². The largest absolute Gasteiger partial charge is 0.493 e. The number of nitrogens with zero attached hydrogens (tertiary/aromatic N) is 1. The molecule has 1 aliphatic heterocycles. The zero-order chi connectivity index (χ0) is 20.6. The Kier molecular flexibility index (Phi) is 7.22. The molecular weight excluding hydrogens is 366 g/mol. The summed E-state index contributed by atoms with van der Waals surface area (Å²) in [4.78, 5) is 14.6. The van der Waals surface area contributed by atoms with Gasteiger partial charge in [0.05, 0.1) is 20.8 Å². The summed E-state index contributed by atoms with van der Waals surface area (Å²) < 4.78 is 10.5. The van der Waals surface area contributed by atoms with Crippen molar-refractivity contribution in [1.82, 2.24) is 5.32 Å². The van der Waals surface area contributed by atoms with Crippen LogP contribution in [0.2, 0.25) is 0 Å². The summed E-state index contributed by atoms with van der Waals surface area (Å²) in [5.41, 5.74) is 3.15. The van der Waals surface area contributed by atoms with Crippen LogP contribution in [0.1, 0.15) is 25.3 Å². The van der Waals surface area contributed by atoms with Gasteiger partial charge >= 0.3 is 0 Å². The third kappa shape index (κ3) is 5.79. The van der Waals surface area contributed by atoms with E-state index in [1.165, 1.54) is 18.5 Å². The minimum Gasteiger partial charge on any atom is -0.493 e. The highest BCUT2D eigenvalue weighted by Crippen LogP contribution is 2.27. The van der Waals surface area contributed by atoms with Crippen molar-refractivity contribution in [2.45, 2.75) is 26.3 Å². The first-order valence-corrected chi connectivity index (χ1v) is 10.2. The number of carbonyl (C=O) groups is 1.